The third kappa shape index (κ3) is 6.74. The van der Waals surface area contributed by atoms with Crippen molar-refractivity contribution in [1.82, 2.24) is 0 Å². The van der Waals surface area contributed by atoms with Gasteiger partial charge in [-0.3, -0.25) is 9.59 Å². The number of anilines is 1. The van der Waals surface area contributed by atoms with E-state index in [-0.39, 0.29) is 18.9 Å². The second-order valence-electron chi connectivity index (χ2n) is 9.28. The number of amides is 1. The predicted molar refractivity (Wildman–Crippen MR) is 150 cm³/mol. The Morgan fingerprint density at radius 1 is 1.00 bits per heavy atom. The number of hydrogen-bond acceptors (Lipinski definition) is 5. The summed E-state index contributed by atoms with van der Waals surface area (Å²) in [5.74, 6) is -0.469. The van der Waals surface area contributed by atoms with Crippen LogP contribution in [0.1, 0.15) is 47.9 Å². The van der Waals surface area contributed by atoms with E-state index in [1.807, 2.05) is 67.6 Å². The van der Waals surface area contributed by atoms with Gasteiger partial charge in [0.2, 0.25) is 5.91 Å². The lowest BCUT2D eigenvalue weighted by Gasteiger charge is -2.18. The van der Waals surface area contributed by atoms with Crippen LogP contribution in [0, 0.1) is 11.3 Å². The van der Waals surface area contributed by atoms with E-state index in [0.29, 0.717) is 35.6 Å². The fraction of sp³-hybridized carbons (Fsp3) is 0.219. The van der Waals surface area contributed by atoms with Crippen molar-refractivity contribution >= 4 is 28.3 Å². The van der Waals surface area contributed by atoms with Crippen LogP contribution in [-0.2, 0) is 22.6 Å². The van der Waals surface area contributed by atoms with Crippen LogP contribution in [0.5, 0.6) is 11.5 Å². The molecule has 0 heterocycles. The molecule has 1 unspecified atom stereocenters. The van der Waals surface area contributed by atoms with E-state index in [1.165, 1.54) is 7.11 Å². The lowest BCUT2D eigenvalue weighted by atomic mass is 9.94. The SMILES string of the molecule is COc1cc(C#N)ccc1OCc1ccc(CCCC(=O)O)c(NC(=O)C(C)c2cccc3ccccc23)c1. The average molecular weight is 523 g/mol. The first kappa shape index (κ1) is 27.2. The molecular formula is C32H30N2O5. The fourth-order valence-corrected chi connectivity index (χ4v) is 4.51. The summed E-state index contributed by atoms with van der Waals surface area (Å²) in [4.78, 5) is 24.5. The molecule has 4 aromatic carbocycles. The van der Waals surface area contributed by atoms with Gasteiger partial charge in [0.1, 0.15) is 6.61 Å². The van der Waals surface area contributed by atoms with Gasteiger partial charge in [-0.15, -0.1) is 0 Å². The minimum atomic E-state index is -0.855. The van der Waals surface area contributed by atoms with Crippen LogP contribution in [0.15, 0.2) is 78.9 Å². The van der Waals surface area contributed by atoms with Crippen molar-refractivity contribution in [2.24, 2.45) is 0 Å². The number of carboxylic acids is 1. The molecule has 0 saturated heterocycles. The third-order valence-electron chi connectivity index (χ3n) is 6.64. The van der Waals surface area contributed by atoms with Gasteiger partial charge in [-0.05, 0) is 65.4 Å². The molecular weight excluding hydrogens is 492 g/mol. The highest BCUT2D eigenvalue weighted by Gasteiger charge is 2.19. The zero-order valence-electron chi connectivity index (χ0n) is 21.9. The highest BCUT2D eigenvalue weighted by molar-refractivity contribution is 5.99. The molecule has 0 bridgehead atoms. The summed E-state index contributed by atoms with van der Waals surface area (Å²) >= 11 is 0. The van der Waals surface area contributed by atoms with Crippen molar-refractivity contribution < 1.29 is 24.2 Å². The number of methoxy groups -OCH3 is 1. The first-order chi connectivity index (χ1) is 18.9. The summed E-state index contributed by atoms with van der Waals surface area (Å²) in [5.41, 5.74) is 3.71. The zero-order chi connectivity index (χ0) is 27.8. The Bertz CT molecular complexity index is 1530. The molecule has 0 aliphatic rings. The lowest BCUT2D eigenvalue weighted by molar-refractivity contribution is -0.137. The van der Waals surface area contributed by atoms with Crippen LogP contribution in [0.3, 0.4) is 0 Å². The summed E-state index contributed by atoms with van der Waals surface area (Å²) in [5, 5.41) is 23.4. The molecule has 0 aliphatic heterocycles. The van der Waals surface area contributed by atoms with Gasteiger partial charge in [0.15, 0.2) is 11.5 Å². The van der Waals surface area contributed by atoms with Crippen LogP contribution >= 0.6 is 0 Å². The third-order valence-corrected chi connectivity index (χ3v) is 6.64. The van der Waals surface area contributed by atoms with Gasteiger partial charge in [-0.2, -0.15) is 5.26 Å². The van der Waals surface area contributed by atoms with Crippen molar-refractivity contribution in [1.29, 1.82) is 5.26 Å². The normalized spacial score (nSPS) is 11.4. The Labute approximate surface area is 227 Å². The number of nitrogens with zero attached hydrogens (tertiary/aromatic N) is 1. The van der Waals surface area contributed by atoms with Gasteiger partial charge >= 0.3 is 5.97 Å². The molecule has 0 saturated carbocycles. The Hall–Kier alpha value is -4.83. The molecule has 39 heavy (non-hydrogen) atoms. The van der Waals surface area contributed by atoms with Crippen LogP contribution < -0.4 is 14.8 Å². The topological polar surface area (TPSA) is 109 Å². The molecule has 1 atom stereocenters. The Balaban J connectivity index is 1.57. The molecule has 4 rings (SSSR count). The molecule has 198 valence electrons. The predicted octanol–water partition coefficient (Wildman–Crippen LogP) is 6.45. The number of carboxylic acid groups (broad SMARTS) is 1. The van der Waals surface area contributed by atoms with E-state index in [9.17, 15) is 9.59 Å². The first-order valence-corrected chi connectivity index (χ1v) is 12.7. The van der Waals surface area contributed by atoms with Crippen molar-refractivity contribution in [2.75, 3.05) is 12.4 Å². The van der Waals surface area contributed by atoms with Crippen LogP contribution in [0.4, 0.5) is 5.69 Å². The van der Waals surface area contributed by atoms with Crippen LogP contribution in [0.2, 0.25) is 0 Å². The Morgan fingerprint density at radius 2 is 1.79 bits per heavy atom. The number of benzene rings is 4. The number of aliphatic carboxylic acids is 1. The van der Waals surface area contributed by atoms with Gasteiger partial charge in [-0.25, -0.2) is 0 Å². The molecule has 1 amide bonds. The van der Waals surface area contributed by atoms with Gasteiger partial charge in [0.25, 0.3) is 0 Å². The van der Waals surface area contributed by atoms with Gasteiger partial charge in [0.05, 0.1) is 24.7 Å². The number of ether oxygens (including phenoxy) is 2. The number of nitrogens with one attached hydrogen (secondary N) is 1. The van der Waals surface area contributed by atoms with E-state index < -0.39 is 11.9 Å². The quantitative estimate of drug-likeness (QED) is 0.234. The molecule has 7 nitrogen and oxygen atoms in total. The standard InChI is InChI=1S/C32H30N2O5/c1-21(26-11-5-8-24-7-3-4-10-27(24)26)32(37)34-28-17-23(13-15-25(28)9-6-12-31(35)36)20-39-29-16-14-22(19-33)18-30(29)38-2/h3-5,7-8,10-11,13-18,21H,6,9,12,20H2,1-2H3,(H,34,37)(H,35,36). The summed E-state index contributed by atoms with van der Waals surface area (Å²) in [6.07, 6.45) is 1.01. The summed E-state index contributed by atoms with van der Waals surface area (Å²) in [6, 6.07) is 26.6. The van der Waals surface area contributed by atoms with E-state index in [2.05, 4.69) is 11.4 Å². The number of rotatable bonds is 11. The van der Waals surface area contributed by atoms with E-state index >= 15 is 0 Å². The van der Waals surface area contributed by atoms with Crippen LogP contribution in [-0.4, -0.2) is 24.1 Å². The highest BCUT2D eigenvalue weighted by Crippen LogP contribution is 2.30. The summed E-state index contributed by atoms with van der Waals surface area (Å²) in [7, 11) is 1.51. The average Bonchev–Trinajstić information content (AvgIpc) is 2.96. The number of hydrogen-bond donors (Lipinski definition) is 2. The van der Waals surface area contributed by atoms with Gasteiger partial charge in [0, 0.05) is 18.2 Å². The largest absolute Gasteiger partial charge is 0.493 e. The van der Waals surface area contributed by atoms with Crippen molar-refractivity contribution in [2.45, 2.75) is 38.7 Å². The number of carbonyl (C=O) groups is 2. The summed E-state index contributed by atoms with van der Waals surface area (Å²) in [6.45, 7) is 2.09. The van der Waals surface area contributed by atoms with E-state index in [1.54, 1.807) is 18.2 Å². The minimum Gasteiger partial charge on any atom is -0.493 e. The minimum absolute atomic E-state index is 0.0448. The van der Waals surface area contributed by atoms with E-state index in [0.717, 1.165) is 27.5 Å². The monoisotopic (exact) mass is 522 g/mol. The second kappa shape index (κ2) is 12.6. The van der Waals surface area contributed by atoms with Crippen molar-refractivity contribution in [3.63, 3.8) is 0 Å². The summed E-state index contributed by atoms with van der Waals surface area (Å²) < 4.78 is 11.3. The maximum Gasteiger partial charge on any atom is 0.303 e. The number of fused-ring (bicyclic) bond motifs is 1. The molecule has 2 N–H and O–H groups in total. The smallest absolute Gasteiger partial charge is 0.303 e. The molecule has 0 radical (unpaired) electrons. The molecule has 7 heteroatoms. The van der Waals surface area contributed by atoms with E-state index in [4.69, 9.17) is 19.8 Å². The Morgan fingerprint density at radius 3 is 2.56 bits per heavy atom. The maximum absolute atomic E-state index is 13.4. The van der Waals surface area contributed by atoms with Crippen molar-refractivity contribution in [3.8, 4) is 17.6 Å². The number of carbonyl (C=O) groups excluding carboxylic acids is 1. The molecule has 4 aromatic rings. The molecule has 0 fully saturated rings. The zero-order valence-corrected chi connectivity index (χ0v) is 21.9. The highest BCUT2D eigenvalue weighted by atomic mass is 16.5. The lowest BCUT2D eigenvalue weighted by Crippen LogP contribution is -2.20. The second-order valence-corrected chi connectivity index (χ2v) is 9.28. The van der Waals surface area contributed by atoms with Gasteiger partial charge in [-0.1, -0.05) is 54.6 Å². The number of aryl methyl sites for hydroxylation is 1. The molecule has 0 spiro atoms. The molecule has 0 aliphatic carbocycles. The fourth-order valence-electron chi connectivity index (χ4n) is 4.51. The van der Waals surface area contributed by atoms with Gasteiger partial charge < -0.3 is 19.9 Å². The Kier molecular flexibility index (Phi) is 8.80. The number of nitriles is 1. The first-order valence-electron chi connectivity index (χ1n) is 12.7. The molecule has 0 aromatic heterocycles. The van der Waals surface area contributed by atoms with Crippen LogP contribution in [0.25, 0.3) is 10.8 Å². The van der Waals surface area contributed by atoms with Crippen molar-refractivity contribution in [3.05, 3.63) is 101 Å². The maximum atomic E-state index is 13.4.